The first-order valence-electron chi connectivity index (χ1n) is 8.33. The first-order chi connectivity index (χ1) is 9.88. The third-order valence-corrected chi connectivity index (χ3v) is 6.15. The molecule has 0 bridgehead atoms. The molecular weight excluding hydrogens is 262 g/mol. The van der Waals surface area contributed by atoms with Crippen LogP contribution < -0.4 is 5.32 Å². The van der Waals surface area contributed by atoms with Crippen LogP contribution in [0.1, 0.15) is 56.9 Å². The zero-order chi connectivity index (χ0) is 13.8. The van der Waals surface area contributed by atoms with Crippen LogP contribution in [0.3, 0.4) is 0 Å². The van der Waals surface area contributed by atoms with Crippen LogP contribution in [0.4, 0.5) is 0 Å². The summed E-state index contributed by atoms with van der Waals surface area (Å²) in [4.78, 5) is 1.52. The highest BCUT2D eigenvalue weighted by molar-refractivity contribution is 7.99. The minimum absolute atomic E-state index is 0.689. The Labute approximate surface area is 127 Å². The molecule has 1 nitrogen and oxygen atoms in total. The zero-order valence-corrected chi connectivity index (χ0v) is 13.4. The van der Waals surface area contributed by atoms with Crippen molar-refractivity contribution >= 4 is 11.8 Å². The summed E-state index contributed by atoms with van der Waals surface area (Å²) < 4.78 is 0. The maximum atomic E-state index is 3.87. The molecule has 1 aliphatic carbocycles. The first kappa shape index (κ1) is 14.5. The van der Waals surface area contributed by atoms with Crippen LogP contribution in [0, 0.1) is 5.92 Å². The van der Waals surface area contributed by atoms with E-state index in [0.29, 0.717) is 6.04 Å². The summed E-state index contributed by atoms with van der Waals surface area (Å²) in [6, 6.07) is 9.74. The Morgan fingerprint density at radius 3 is 2.85 bits per heavy atom. The standard InChI is InChI=1S/C18H27NS/c1-2-11-19-17(12-14-7-3-4-8-14)16-13-20-18-10-6-5-9-15(16)18/h5-6,9-10,14,16-17,19H,2-4,7-8,11-13H2,1H3. The van der Waals surface area contributed by atoms with Crippen molar-refractivity contribution in [1.29, 1.82) is 0 Å². The van der Waals surface area contributed by atoms with E-state index in [0.717, 1.165) is 11.8 Å². The number of thioether (sulfide) groups is 1. The second-order valence-corrected chi connectivity index (χ2v) is 7.46. The molecule has 0 amide bonds. The highest BCUT2D eigenvalue weighted by atomic mass is 32.2. The van der Waals surface area contributed by atoms with Crippen molar-refractivity contribution in [1.82, 2.24) is 5.32 Å². The van der Waals surface area contributed by atoms with Crippen LogP contribution in [0.2, 0.25) is 0 Å². The van der Waals surface area contributed by atoms with E-state index in [4.69, 9.17) is 0 Å². The van der Waals surface area contributed by atoms with Crippen molar-refractivity contribution in [3.05, 3.63) is 29.8 Å². The second-order valence-electron chi connectivity index (χ2n) is 6.40. The summed E-state index contributed by atoms with van der Waals surface area (Å²) in [5, 5.41) is 3.87. The maximum absolute atomic E-state index is 3.87. The molecular formula is C18H27NS. The molecule has 0 spiro atoms. The van der Waals surface area contributed by atoms with Gasteiger partial charge in [-0.05, 0) is 36.9 Å². The Bertz CT molecular complexity index is 425. The van der Waals surface area contributed by atoms with Crippen LogP contribution in [-0.4, -0.2) is 18.3 Å². The molecule has 0 saturated heterocycles. The van der Waals surface area contributed by atoms with E-state index >= 15 is 0 Å². The highest BCUT2D eigenvalue weighted by Crippen LogP contribution is 2.43. The van der Waals surface area contributed by atoms with Crippen LogP contribution in [0.15, 0.2) is 29.2 Å². The molecule has 1 aromatic rings. The van der Waals surface area contributed by atoms with Crippen LogP contribution >= 0.6 is 11.8 Å². The number of nitrogens with one attached hydrogen (secondary N) is 1. The average molecular weight is 289 g/mol. The molecule has 2 unspecified atom stereocenters. The summed E-state index contributed by atoms with van der Waals surface area (Å²) in [5.41, 5.74) is 1.60. The van der Waals surface area contributed by atoms with E-state index in [1.807, 2.05) is 0 Å². The van der Waals surface area contributed by atoms with Gasteiger partial charge in [0.1, 0.15) is 0 Å². The number of benzene rings is 1. The van der Waals surface area contributed by atoms with Gasteiger partial charge < -0.3 is 5.32 Å². The number of rotatable bonds is 6. The number of fused-ring (bicyclic) bond motifs is 1. The van der Waals surface area contributed by atoms with E-state index in [9.17, 15) is 0 Å². The van der Waals surface area contributed by atoms with E-state index < -0.39 is 0 Å². The molecule has 2 heteroatoms. The summed E-state index contributed by atoms with van der Waals surface area (Å²) in [6.07, 6.45) is 8.47. The van der Waals surface area contributed by atoms with Gasteiger partial charge in [0.15, 0.2) is 0 Å². The normalized spacial score (nSPS) is 23.9. The molecule has 1 aliphatic heterocycles. The summed E-state index contributed by atoms with van der Waals surface area (Å²) in [6.45, 7) is 3.44. The Hall–Kier alpha value is -0.470. The molecule has 1 fully saturated rings. The smallest absolute Gasteiger partial charge is 0.0147 e. The summed E-state index contributed by atoms with van der Waals surface area (Å²) in [5.74, 6) is 2.97. The van der Waals surface area contributed by atoms with Gasteiger partial charge in [-0.1, -0.05) is 50.8 Å². The fourth-order valence-electron chi connectivity index (χ4n) is 3.85. The first-order valence-corrected chi connectivity index (χ1v) is 9.32. The third kappa shape index (κ3) is 3.23. The predicted molar refractivity (Wildman–Crippen MR) is 88.6 cm³/mol. The van der Waals surface area contributed by atoms with E-state index in [1.54, 1.807) is 5.56 Å². The average Bonchev–Trinajstić information content (AvgIpc) is 3.12. The minimum atomic E-state index is 0.689. The van der Waals surface area contributed by atoms with Gasteiger partial charge in [-0.15, -0.1) is 11.8 Å². The lowest BCUT2D eigenvalue weighted by molar-refractivity contribution is 0.355. The Morgan fingerprint density at radius 2 is 2.05 bits per heavy atom. The topological polar surface area (TPSA) is 12.0 Å². The Balaban J connectivity index is 1.71. The molecule has 2 aliphatic rings. The Morgan fingerprint density at radius 1 is 1.25 bits per heavy atom. The largest absolute Gasteiger partial charge is 0.313 e. The fraction of sp³-hybridized carbons (Fsp3) is 0.667. The second kappa shape index (κ2) is 7.00. The quantitative estimate of drug-likeness (QED) is 0.805. The minimum Gasteiger partial charge on any atom is -0.313 e. The SMILES string of the molecule is CCCNC(CC1CCCC1)C1CSc2ccccc21. The van der Waals surface area contributed by atoms with E-state index in [1.165, 1.54) is 55.7 Å². The number of hydrogen-bond donors (Lipinski definition) is 1. The zero-order valence-electron chi connectivity index (χ0n) is 12.6. The fourth-order valence-corrected chi connectivity index (χ4v) is 5.18. The van der Waals surface area contributed by atoms with Crippen molar-refractivity contribution in [2.45, 2.75) is 62.3 Å². The highest BCUT2D eigenvalue weighted by Gasteiger charge is 2.32. The molecule has 1 aromatic carbocycles. The maximum Gasteiger partial charge on any atom is 0.0147 e. The summed E-state index contributed by atoms with van der Waals surface area (Å²) in [7, 11) is 0. The van der Waals surface area contributed by atoms with Gasteiger partial charge >= 0.3 is 0 Å². The van der Waals surface area contributed by atoms with E-state index in [2.05, 4.69) is 48.3 Å². The van der Waals surface area contributed by atoms with Gasteiger partial charge in [0.25, 0.3) is 0 Å². The third-order valence-electron chi connectivity index (χ3n) is 4.94. The van der Waals surface area contributed by atoms with Gasteiger partial charge in [0, 0.05) is 22.6 Å². The predicted octanol–water partition coefficient (Wildman–Crippen LogP) is 4.82. The van der Waals surface area contributed by atoms with Crippen molar-refractivity contribution in [3.63, 3.8) is 0 Å². The lowest BCUT2D eigenvalue weighted by atomic mass is 9.86. The van der Waals surface area contributed by atoms with Crippen molar-refractivity contribution in [2.24, 2.45) is 5.92 Å². The van der Waals surface area contributed by atoms with Gasteiger partial charge in [0.2, 0.25) is 0 Å². The lowest BCUT2D eigenvalue weighted by Gasteiger charge is -2.28. The van der Waals surface area contributed by atoms with Crippen molar-refractivity contribution in [2.75, 3.05) is 12.3 Å². The number of hydrogen-bond acceptors (Lipinski definition) is 2. The molecule has 1 heterocycles. The van der Waals surface area contributed by atoms with E-state index in [-0.39, 0.29) is 0 Å². The van der Waals surface area contributed by atoms with Gasteiger partial charge in [-0.25, -0.2) is 0 Å². The van der Waals surface area contributed by atoms with Gasteiger partial charge in [0.05, 0.1) is 0 Å². The van der Waals surface area contributed by atoms with Crippen LogP contribution in [0.5, 0.6) is 0 Å². The lowest BCUT2D eigenvalue weighted by Crippen LogP contribution is -2.37. The van der Waals surface area contributed by atoms with Crippen molar-refractivity contribution < 1.29 is 0 Å². The molecule has 1 N–H and O–H groups in total. The molecule has 3 rings (SSSR count). The Kier molecular flexibility index (Phi) is 5.06. The van der Waals surface area contributed by atoms with Crippen LogP contribution in [-0.2, 0) is 0 Å². The van der Waals surface area contributed by atoms with Crippen LogP contribution in [0.25, 0.3) is 0 Å². The van der Waals surface area contributed by atoms with Gasteiger partial charge in [-0.2, -0.15) is 0 Å². The molecule has 0 radical (unpaired) electrons. The molecule has 2 atom stereocenters. The molecule has 110 valence electrons. The van der Waals surface area contributed by atoms with Crippen molar-refractivity contribution in [3.8, 4) is 0 Å². The monoisotopic (exact) mass is 289 g/mol. The molecule has 20 heavy (non-hydrogen) atoms. The van der Waals surface area contributed by atoms with Gasteiger partial charge in [-0.3, -0.25) is 0 Å². The summed E-state index contributed by atoms with van der Waals surface area (Å²) >= 11 is 2.06. The molecule has 0 aromatic heterocycles. The molecule has 1 saturated carbocycles.